The molecule has 0 aliphatic heterocycles. The first kappa shape index (κ1) is 11.3. The second-order valence-electron chi connectivity index (χ2n) is 4.61. The molecule has 2 aromatic rings. The van der Waals surface area contributed by atoms with Crippen LogP contribution >= 0.6 is 0 Å². The Morgan fingerprint density at radius 1 is 1.33 bits per heavy atom. The Kier molecular flexibility index (Phi) is 3.06. The van der Waals surface area contributed by atoms with Crippen molar-refractivity contribution in [2.75, 3.05) is 6.61 Å². The summed E-state index contributed by atoms with van der Waals surface area (Å²) in [5.74, 6) is 0.635. The highest BCUT2D eigenvalue weighted by molar-refractivity contribution is 5.79. The third-order valence-corrected chi connectivity index (χ3v) is 3.38. The van der Waals surface area contributed by atoms with Crippen LogP contribution in [0.25, 0.3) is 10.9 Å². The van der Waals surface area contributed by atoms with Crippen LogP contribution in [0.5, 0.6) is 6.01 Å². The molecule has 94 valence electrons. The van der Waals surface area contributed by atoms with Gasteiger partial charge in [-0.05, 0) is 24.8 Å². The summed E-state index contributed by atoms with van der Waals surface area (Å²) in [6, 6.07) is 2.14. The van der Waals surface area contributed by atoms with E-state index in [1.165, 1.54) is 19.3 Å². The number of aliphatic hydroxyl groups excluding tert-OH is 1. The maximum atomic E-state index is 9.33. The summed E-state index contributed by atoms with van der Waals surface area (Å²) in [7, 11) is 0. The highest BCUT2D eigenvalue weighted by atomic mass is 16.5. The van der Waals surface area contributed by atoms with Crippen molar-refractivity contribution in [1.29, 1.82) is 0 Å². The number of hydrogen-bond donors (Lipinski definition) is 1. The molecule has 1 N–H and O–H groups in total. The van der Waals surface area contributed by atoms with E-state index in [1.54, 1.807) is 18.5 Å². The number of nitrogens with zero attached hydrogens (tertiary/aromatic N) is 3. The van der Waals surface area contributed by atoms with Crippen LogP contribution in [-0.2, 0) is 6.61 Å². The lowest BCUT2D eigenvalue weighted by Crippen LogP contribution is -2.20. The molecule has 18 heavy (non-hydrogen) atoms. The molecule has 0 radical (unpaired) electrons. The Labute approximate surface area is 105 Å². The average molecular weight is 245 g/mol. The summed E-state index contributed by atoms with van der Waals surface area (Å²) in [6.45, 7) is 0.541. The number of fused-ring (bicyclic) bond motifs is 1. The fourth-order valence-corrected chi connectivity index (χ4v) is 2.06. The van der Waals surface area contributed by atoms with Crippen molar-refractivity contribution in [1.82, 2.24) is 15.0 Å². The molecule has 0 unspecified atom stereocenters. The van der Waals surface area contributed by atoms with Crippen LogP contribution in [0.15, 0.2) is 18.5 Å². The summed E-state index contributed by atoms with van der Waals surface area (Å²) in [5, 5.41) is 10.2. The van der Waals surface area contributed by atoms with Crippen LogP contribution in [0, 0.1) is 5.92 Å². The van der Waals surface area contributed by atoms with E-state index in [-0.39, 0.29) is 6.61 Å². The molecule has 2 aromatic heterocycles. The minimum Gasteiger partial charge on any atom is -0.463 e. The average Bonchev–Trinajstić information content (AvgIpc) is 2.36. The third-order valence-electron chi connectivity index (χ3n) is 3.38. The predicted molar refractivity (Wildman–Crippen MR) is 66.1 cm³/mol. The minimum absolute atomic E-state index is 0.122. The van der Waals surface area contributed by atoms with Gasteiger partial charge in [-0.25, -0.2) is 0 Å². The van der Waals surface area contributed by atoms with Gasteiger partial charge >= 0.3 is 6.01 Å². The van der Waals surface area contributed by atoms with Gasteiger partial charge in [0.25, 0.3) is 0 Å². The van der Waals surface area contributed by atoms with Gasteiger partial charge in [-0.2, -0.15) is 9.97 Å². The van der Waals surface area contributed by atoms with E-state index in [4.69, 9.17) is 4.74 Å². The second kappa shape index (κ2) is 4.86. The largest absolute Gasteiger partial charge is 0.463 e. The SMILES string of the molecule is OCc1nc(OCC2CCC2)nc2cnccc12. The highest BCUT2D eigenvalue weighted by Gasteiger charge is 2.18. The van der Waals surface area contributed by atoms with Crippen LogP contribution in [-0.4, -0.2) is 26.7 Å². The first-order chi connectivity index (χ1) is 8.86. The number of rotatable bonds is 4. The second-order valence-corrected chi connectivity index (χ2v) is 4.61. The molecule has 5 heteroatoms. The van der Waals surface area contributed by atoms with E-state index >= 15 is 0 Å². The Morgan fingerprint density at radius 2 is 2.22 bits per heavy atom. The molecule has 0 aromatic carbocycles. The topological polar surface area (TPSA) is 68.1 Å². The van der Waals surface area contributed by atoms with Gasteiger partial charge in [0, 0.05) is 11.6 Å². The predicted octanol–water partition coefficient (Wildman–Crippen LogP) is 1.70. The molecule has 0 bridgehead atoms. The molecule has 3 rings (SSSR count). The molecule has 0 spiro atoms. The van der Waals surface area contributed by atoms with E-state index in [9.17, 15) is 5.11 Å². The van der Waals surface area contributed by atoms with Gasteiger partial charge < -0.3 is 9.84 Å². The molecule has 0 atom stereocenters. The molecule has 1 aliphatic carbocycles. The summed E-state index contributed by atoms with van der Waals surface area (Å²) in [6.07, 6.45) is 7.06. The van der Waals surface area contributed by atoms with Gasteiger partial charge in [0.1, 0.15) is 0 Å². The van der Waals surface area contributed by atoms with Crippen molar-refractivity contribution in [3.63, 3.8) is 0 Å². The highest BCUT2D eigenvalue weighted by Crippen LogP contribution is 2.27. The summed E-state index contributed by atoms with van der Waals surface area (Å²) < 4.78 is 5.60. The monoisotopic (exact) mass is 245 g/mol. The number of pyridine rings is 1. The lowest BCUT2D eigenvalue weighted by Gasteiger charge is -2.24. The standard InChI is InChI=1S/C13H15N3O2/c17-7-12-10-4-5-14-6-11(10)15-13(16-12)18-8-9-2-1-3-9/h4-6,9,17H,1-3,7-8H2. The number of aromatic nitrogens is 3. The van der Waals surface area contributed by atoms with Crippen LogP contribution in [0.1, 0.15) is 25.0 Å². The first-order valence-corrected chi connectivity index (χ1v) is 6.21. The molecule has 1 aliphatic rings. The van der Waals surface area contributed by atoms with E-state index in [2.05, 4.69) is 15.0 Å². The number of aliphatic hydroxyl groups is 1. The smallest absolute Gasteiger partial charge is 0.317 e. The molecular formula is C13H15N3O2. The normalized spacial score (nSPS) is 15.6. The van der Waals surface area contributed by atoms with Gasteiger partial charge in [-0.1, -0.05) is 6.42 Å². The van der Waals surface area contributed by atoms with Crippen molar-refractivity contribution in [2.45, 2.75) is 25.9 Å². The number of hydrogen-bond acceptors (Lipinski definition) is 5. The first-order valence-electron chi connectivity index (χ1n) is 6.21. The third kappa shape index (κ3) is 2.13. The van der Waals surface area contributed by atoms with Crippen molar-refractivity contribution < 1.29 is 9.84 Å². The number of ether oxygens (including phenoxy) is 1. The van der Waals surface area contributed by atoms with E-state index in [0.717, 1.165) is 5.39 Å². The summed E-state index contributed by atoms with van der Waals surface area (Å²) >= 11 is 0. The molecule has 0 amide bonds. The van der Waals surface area contributed by atoms with Crippen molar-refractivity contribution in [2.24, 2.45) is 5.92 Å². The van der Waals surface area contributed by atoms with E-state index in [0.29, 0.717) is 29.7 Å². The van der Waals surface area contributed by atoms with Gasteiger partial charge in [0.15, 0.2) is 0 Å². The summed E-state index contributed by atoms with van der Waals surface area (Å²) in [4.78, 5) is 12.6. The molecule has 1 fully saturated rings. The zero-order chi connectivity index (χ0) is 12.4. The molecule has 0 saturated heterocycles. The van der Waals surface area contributed by atoms with Crippen LogP contribution in [0.3, 0.4) is 0 Å². The molecule has 5 nitrogen and oxygen atoms in total. The van der Waals surface area contributed by atoms with Crippen LogP contribution in [0.4, 0.5) is 0 Å². The van der Waals surface area contributed by atoms with Crippen LogP contribution < -0.4 is 4.74 Å². The Bertz CT molecular complexity index is 555. The van der Waals surface area contributed by atoms with E-state index < -0.39 is 0 Å². The fourth-order valence-electron chi connectivity index (χ4n) is 2.06. The molecular weight excluding hydrogens is 230 g/mol. The Morgan fingerprint density at radius 3 is 2.94 bits per heavy atom. The van der Waals surface area contributed by atoms with Gasteiger partial charge in [-0.3, -0.25) is 4.98 Å². The maximum Gasteiger partial charge on any atom is 0.317 e. The van der Waals surface area contributed by atoms with Crippen LogP contribution in [0.2, 0.25) is 0 Å². The molecule has 2 heterocycles. The van der Waals surface area contributed by atoms with E-state index in [1.807, 2.05) is 0 Å². The zero-order valence-electron chi connectivity index (χ0n) is 10.0. The Hall–Kier alpha value is -1.75. The maximum absolute atomic E-state index is 9.33. The summed E-state index contributed by atoms with van der Waals surface area (Å²) in [5.41, 5.74) is 1.30. The van der Waals surface area contributed by atoms with Gasteiger partial charge in [-0.15, -0.1) is 0 Å². The zero-order valence-corrected chi connectivity index (χ0v) is 10.0. The quantitative estimate of drug-likeness (QED) is 0.887. The van der Waals surface area contributed by atoms with Gasteiger partial charge in [0.05, 0.1) is 30.6 Å². The minimum atomic E-state index is -0.122. The Balaban J connectivity index is 1.87. The lowest BCUT2D eigenvalue weighted by atomic mass is 9.86. The lowest BCUT2D eigenvalue weighted by molar-refractivity contribution is 0.169. The van der Waals surface area contributed by atoms with Crippen molar-refractivity contribution >= 4 is 10.9 Å². The molecule has 1 saturated carbocycles. The van der Waals surface area contributed by atoms with Crippen molar-refractivity contribution in [3.05, 3.63) is 24.2 Å². The van der Waals surface area contributed by atoms with Gasteiger partial charge in [0.2, 0.25) is 0 Å². The van der Waals surface area contributed by atoms with Crippen molar-refractivity contribution in [3.8, 4) is 6.01 Å². The fraction of sp³-hybridized carbons (Fsp3) is 0.462.